The number of carboxylic acids is 1. The minimum Gasteiger partial charge on any atom is -0.496 e. The van der Waals surface area contributed by atoms with Gasteiger partial charge in [0, 0.05) is 10.7 Å². The first kappa shape index (κ1) is 25.6. The topological polar surface area (TPSA) is 96.9 Å². The zero-order chi connectivity index (χ0) is 26.4. The molecule has 0 aliphatic rings. The molecule has 3 N–H and O–H groups in total. The number of carbonyl (C=O) groups is 2. The maximum Gasteiger partial charge on any atom is 0.339 e. The fraction of sp³-hybridized carbons (Fsp3) is 0.103. The van der Waals surface area contributed by atoms with Gasteiger partial charge in [-0.15, -0.1) is 0 Å². The van der Waals surface area contributed by atoms with Crippen LogP contribution in [-0.4, -0.2) is 24.2 Å². The van der Waals surface area contributed by atoms with E-state index >= 15 is 0 Å². The van der Waals surface area contributed by atoms with Crippen molar-refractivity contribution in [3.63, 3.8) is 0 Å². The minimum atomic E-state index is -1.10. The molecule has 37 heavy (non-hydrogen) atoms. The maximum absolute atomic E-state index is 12.9. The Hall–Kier alpha value is -4.49. The van der Waals surface area contributed by atoms with Gasteiger partial charge in [0.1, 0.15) is 17.1 Å². The number of urea groups is 1. The molecule has 0 aliphatic carbocycles. The summed E-state index contributed by atoms with van der Waals surface area (Å²) in [6, 6.07) is 24.1. The van der Waals surface area contributed by atoms with Gasteiger partial charge in [-0.2, -0.15) is 0 Å². The number of rotatable bonds is 8. The van der Waals surface area contributed by atoms with Crippen LogP contribution in [0.1, 0.15) is 22.8 Å². The number of anilines is 2. The number of methoxy groups -OCH3 is 1. The Morgan fingerprint density at radius 2 is 1.57 bits per heavy atom. The van der Waals surface area contributed by atoms with E-state index in [-0.39, 0.29) is 11.3 Å². The van der Waals surface area contributed by atoms with E-state index in [4.69, 9.17) is 21.1 Å². The Kier molecular flexibility index (Phi) is 7.95. The molecule has 0 aliphatic heterocycles. The van der Waals surface area contributed by atoms with Crippen molar-refractivity contribution in [3.05, 3.63) is 101 Å². The number of nitrogens with one attached hydrogen (secondary N) is 2. The molecule has 4 rings (SSSR count). The van der Waals surface area contributed by atoms with Gasteiger partial charge in [0.2, 0.25) is 0 Å². The number of aryl methyl sites for hydroxylation is 1. The third kappa shape index (κ3) is 6.20. The summed E-state index contributed by atoms with van der Waals surface area (Å²) in [5, 5.41) is 15.7. The summed E-state index contributed by atoms with van der Waals surface area (Å²) in [6.07, 6.45) is 0.774. The molecule has 0 aromatic heterocycles. The van der Waals surface area contributed by atoms with Crippen LogP contribution in [0.3, 0.4) is 0 Å². The van der Waals surface area contributed by atoms with Crippen molar-refractivity contribution >= 4 is 35.0 Å². The number of hydrogen-bond acceptors (Lipinski definition) is 4. The van der Waals surface area contributed by atoms with Crippen LogP contribution in [0, 0.1) is 0 Å². The monoisotopic (exact) mass is 516 g/mol. The predicted molar refractivity (Wildman–Crippen MR) is 145 cm³/mol. The molecule has 7 nitrogen and oxygen atoms in total. The van der Waals surface area contributed by atoms with Crippen LogP contribution in [0.5, 0.6) is 17.2 Å². The molecule has 0 bridgehead atoms. The number of halogens is 1. The summed E-state index contributed by atoms with van der Waals surface area (Å²) in [4.78, 5) is 24.6. The Balaban J connectivity index is 1.71. The Morgan fingerprint density at radius 3 is 2.27 bits per heavy atom. The lowest BCUT2D eigenvalue weighted by molar-refractivity contribution is 0.0693. The average molecular weight is 517 g/mol. The van der Waals surface area contributed by atoms with Gasteiger partial charge in [0.25, 0.3) is 0 Å². The molecule has 2 amide bonds. The van der Waals surface area contributed by atoms with Crippen molar-refractivity contribution in [1.82, 2.24) is 0 Å². The van der Waals surface area contributed by atoms with Gasteiger partial charge >= 0.3 is 12.0 Å². The number of ether oxygens (including phenoxy) is 2. The quantitative estimate of drug-likeness (QED) is 0.223. The smallest absolute Gasteiger partial charge is 0.339 e. The summed E-state index contributed by atoms with van der Waals surface area (Å²) in [7, 11) is 1.42. The van der Waals surface area contributed by atoms with E-state index in [1.54, 1.807) is 54.6 Å². The highest BCUT2D eigenvalue weighted by molar-refractivity contribution is 6.30. The number of benzene rings is 4. The number of hydrogen-bond donors (Lipinski definition) is 3. The van der Waals surface area contributed by atoms with Crippen molar-refractivity contribution in [2.45, 2.75) is 13.3 Å². The van der Waals surface area contributed by atoms with E-state index in [2.05, 4.69) is 10.6 Å². The van der Waals surface area contributed by atoms with E-state index in [0.29, 0.717) is 39.0 Å². The largest absolute Gasteiger partial charge is 0.496 e. The minimum absolute atomic E-state index is 0.0328. The summed E-state index contributed by atoms with van der Waals surface area (Å²) >= 11 is 6.04. The second kappa shape index (κ2) is 11.5. The first-order chi connectivity index (χ1) is 17.9. The molecule has 0 heterocycles. The van der Waals surface area contributed by atoms with Crippen molar-refractivity contribution in [2.24, 2.45) is 0 Å². The molecule has 0 unspecified atom stereocenters. The van der Waals surface area contributed by atoms with Gasteiger partial charge in [-0.1, -0.05) is 54.9 Å². The van der Waals surface area contributed by atoms with Crippen molar-refractivity contribution in [3.8, 4) is 28.4 Å². The van der Waals surface area contributed by atoms with Gasteiger partial charge in [-0.3, -0.25) is 0 Å². The first-order valence-electron chi connectivity index (χ1n) is 11.5. The molecule has 0 spiro atoms. The normalized spacial score (nSPS) is 10.5. The zero-order valence-corrected chi connectivity index (χ0v) is 21.0. The Morgan fingerprint density at radius 1 is 0.838 bits per heavy atom. The first-order valence-corrected chi connectivity index (χ1v) is 11.9. The van der Waals surface area contributed by atoms with Crippen molar-refractivity contribution < 1.29 is 24.2 Å². The highest BCUT2D eigenvalue weighted by Gasteiger charge is 2.16. The fourth-order valence-electron chi connectivity index (χ4n) is 3.82. The van der Waals surface area contributed by atoms with Crippen molar-refractivity contribution in [1.29, 1.82) is 0 Å². The predicted octanol–water partition coefficient (Wildman–Crippen LogP) is 7.71. The van der Waals surface area contributed by atoms with Crippen LogP contribution < -0.4 is 20.1 Å². The summed E-state index contributed by atoms with van der Waals surface area (Å²) in [5.74, 6) is 0.257. The molecule has 0 saturated carbocycles. The Labute approximate surface area is 219 Å². The van der Waals surface area contributed by atoms with Crippen LogP contribution >= 0.6 is 11.6 Å². The number of amides is 2. The van der Waals surface area contributed by atoms with Crippen molar-refractivity contribution in [2.75, 3.05) is 17.7 Å². The highest BCUT2D eigenvalue weighted by atomic mass is 35.5. The molecule has 0 saturated heterocycles. The summed E-state index contributed by atoms with van der Waals surface area (Å²) in [5.41, 5.74) is 3.29. The standard InChI is InChI=1S/C29H25ClN2O5/c1-3-18-7-4-5-10-25(18)37-27-14-12-20(19-11-13-26(36-2)23(15-19)28(33)34)16-24(27)32-29(35)31-22-9-6-8-21(30)17-22/h4-17H,3H2,1-2H3,(H,33,34)(H2,31,32,35). The third-order valence-corrected chi connectivity index (χ3v) is 5.88. The molecule has 4 aromatic carbocycles. The lowest BCUT2D eigenvalue weighted by Crippen LogP contribution is -2.19. The van der Waals surface area contributed by atoms with Crippen LogP contribution in [0.15, 0.2) is 84.9 Å². The molecule has 188 valence electrons. The lowest BCUT2D eigenvalue weighted by atomic mass is 10.0. The van der Waals surface area contributed by atoms with Gasteiger partial charge in [0.15, 0.2) is 5.75 Å². The Bertz CT molecular complexity index is 1450. The molecular formula is C29H25ClN2O5. The number of carbonyl (C=O) groups excluding carboxylic acids is 1. The van der Waals surface area contributed by atoms with Crippen LogP contribution in [0.25, 0.3) is 11.1 Å². The summed E-state index contributed by atoms with van der Waals surface area (Å²) < 4.78 is 11.4. The third-order valence-electron chi connectivity index (χ3n) is 5.65. The molecule has 0 atom stereocenters. The van der Waals surface area contributed by atoms with Crippen LogP contribution in [-0.2, 0) is 6.42 Å². The number of aromatic carboxylic acids is 1. The second-order valence-electron chi connectivity index (χ2n) is 8.08. The average Bonchev–Trinajstić information content (AvgIpc) is 2.89. The lowest BCUT2D eigenvalue weighted by Gasteiger charge is -2.17. The van der Waals surface area contributed by atoms with Crippen LogP contribution in [0.4, 0.5) is 16.2 Å². The second-order valence-corrected chi connectivity index (χ2v) is 8.52. The molecule has 8 heteroatoms. The fourth-order valence-corrected chi connectivity index (χ4v) is 4.01. The van der Waals surface area contributed by atoms with E-state index in [1.165, 1.54) is 13.2 Å². The SMILES string of the molecule is CCc1ccccc1Oc1ccc(-c2ccc(OC)c(C(=O)O)c2)cc1NC(=O)Nc1cccc(Cl)c1. The summed E-state index contributed by atoms with van der Waals surface area (Å²) in [6.45, 7) is 2.03. The van der Waals surface area contributed by atoms with Crippen LogP contribution in [0.2, 0.25) is 5.02 Å². The van der Waals surface area contributed by atoms with E-state index in [0.717, 1.165) is 12.0 Å². The molecule has 0 radical (unpaired) electrons. The van der Waals surface area contributed by atoms with Gasteiger partial charge in [-0.25, -0.2) is 9.59 Å². The zero-order valence-electron chi connectivity index (χ0n) is 20.2. The van der Waals surface area contributed by atoms with Gasteiger partial charge in [-0.05, 0) is 71.6 Å². The van der Waals surface area contributed by atoms with E-state index in [9.17, 15) is 14.7 Å². The number of para-hydroxylation sites is 1. The molecule has 0 fully saturated rings. The molecular weight excluding hydrogens is 492 g/mol. The van der Waals surface area contributed by atoms with Gasteiger partial charge < -0.3 is 25.2 Å². The van der Waals surface area contributed by atoms with E-state index in [1.807, 2.05) is 31.2 Å². The van der Waals surface area contributed by atoms with E-state index < -0.39 is 12.0 Å². The number of carboxylic acid groups (broad SMARTS) is 1. The van der Waals surface area contributed by atoms with Gasteiger partial charge in [0.05, 0.1) is 12.8 Å². The molecule has 4 aromatic rings. The maximum atomic E-state index is 12.9. The highest BCUT2D eigenvalue weighted by Crippen LogP contribution is 2.36.